The Labute approximate surface area is 166 Å². The molecule has 28 heavy (non-hydrogen) atoms. The third-order valence-electron chi connectivity index (χ3n) is 4.97. The number of aromatic nitrogens is 2. The first-order valence-corrected chi connectivity index (χ1v) is 11.0. The average Bonchev–Trinajstić information content (AvgIpc) is 3.10. The van der Waals surface area contributed by atoms with Crippen LogP contribution in [0.3, 0.4) is 0 Å². The number of aryl methyl sites for hydroxylation is 2. The van der Waals surface area contributed by atoms with Crippen molar-refractivity contribution in [2.75, 3.05) is 26.2 Å². The molecule has 1 amide bonds. The lowest BCUT2D eigenvalue weighted by Gasteiger charge is -2.34. The van der Waals surface area contributed by atoms with Crippen LogP contribution < -0.4 is 0 Å². The van der Waals surface area contributed by atoms with E-state index in [1.165, 1.54) is 4.31 Å². The summed E-state index contributed by atoms with van der Waals surface area (Å²) in [5, 5.41) is 7.05. The highest BCUT2D eigenvalue weighted by Crippen LogP contribution is 2.23. The summed E-state index contributed by atoms with van der Waals surface area (Å²) in [6.07, 6.45) is 0.835. The quantitative estimate of drug-likeness (QED) is 0.829. The van der Waals surface area contributed by atoms with Gasteiger partial charge in [0.15, 0.2) is 0 Å². The molecule has 1 N–H and O–H groups in total. The summed E-state index contributed by atoms with van der Waals surface area (Å²) in [4.78, 5) is 14.7. The van der Waals surface area contributed by atoms with Gasteiger partial charge in [0.25, 0.3) is 5.91 Å². The van der Waals surface area contributed by atoms with Gasteiger partial charge in [-0.05, 0) is 49.4 Å². The van der Waals surface area contributed by atoms with Gasteiger partial charge >= 0.3 is 0 Å². The molecule has 1 aliphatic heterocycles. The van der Waals surface area contributed by atoms with E-state index in [0.717, 1.165) is 23.2 Å². The van der Waals surface area contributed by atoms with Gasteiger partial charge in [-0.2, -0.15) is 9.40 Å². The monoisotopic (exact) mass is 404 g/mol. The minimum absolute atomic E-state index is 0.157. The number of nitrogens with one attached hydrogen (secondary N) is 1. The zero-order valence-corrected chi connectivity index (χ0v) is 17.7. The fourth-order valence-corrected chi connectivity index (χ4v) is 5.17. The second-order valence-electron chi connectivity index (χ2n) is 7.84. The number of piperazine rings is 1. The molecule has 2 heterocycles. The summed E-state index contributed by atoms with van der Waals surface area (Å²) in [7, 11) is -3.56. The number of hydrogen-bond acceptors (Lipinski definition) is 4. The van der Waals surface area contributed by atoms with E-state index in [9.17, 15) is 13.2 Å². The van der Waals surface area contributed by atoms with Crippen LogP contribution in [0.2, 0.25) is 0 Å². The first-order valence-electron chi connectivity index (χ1n) is 9.59. The van der Waals surface area contributed by atoms with Crippen molar-refractivity contribution in [2.45, 2.75) is 39.0 Å². The normalized spacial score (nSPS) is 16.0. The van der Waals surface area contributed by atoms with Gasteiger partial charge in [0.1, 0.15) is 5.69 Å². The fraction of sp³-hybridized carbons (Fsp3) is 0.500. The van der Waals surface area contributed by atoms with Gasteiger partial charge in [0.2, 0.25) is 10.0 Å². The summed E-state index contributed by atoms with van der Waals surface area (Å²) in [5.41, 5.74) is 2.98. The molecule has 0 aliphatic carbocycles. The van der Waals surface area contributed by atoms with Crippen LogP contribution in [0.15, 0.2) is 29.2 Å². The number of amides is 1. The molecule has 3 rings (SSSR count). The van der Waals surface area contributed by atoms with Crippen LogP contribution in [0.5, 0.6) is 0 Å². The van der Waals surface area contributed by atoms with Crippen molar-refractivity contribution in [2.24, 2.45) is 5.92 Å². The Balaban J connectivity index is 1.67. The maximum atomic E-state index is 13.0. The predicted molar refractivity (Wildman–Crippen MR) is 108 cm³/mol. The Morgan fingerprint density at radius 2 is 1.82 bits per heavy atom. The maximum absolute atomic E-state index is 13.0. The van der Waals surface area contributed by atoms with Crippen molar-refractivity contribution in [3.63, 3.8) is 0 Å². The second kappa shape index (κ2) is 8.05. The molecular weight excluding hydrogens is 376 g/mol. The molecule has 8 heteroatoms. The molecule has 0 bridgehead atoms. The molecule has 0 unspecified atom stereocenters. The van der Waals surface area contributed by atoms with Gasteiger partial charge in [-0.3, -0.25) is 9.89 Å². The Kier molecular flexibility index (Phi) is 5.90. The molecule has 0 atom stereocenters. The fourth-order valence-electron chi connectivity index (χ4n) is 3.43. The molecule has 0 radical (unpaired) electrons. The molecule has 0 spiro atoms. The van der Waals surface area contributed by atoms with Crippen molar-refractivity contribution < 1.29 is 13.2 Å². The van der Waals surface area contributed by atoms with Crippen LogP contribution in [0, 0.1) is 19.8 Å². The van der Waals surface area contributed by atoms with Crippen molar-refractivity contribution in [3.8, 4) is 0 Å². The van der Waals surface area contributed by atoms with E-state index in [1.807, 2.05) is 19.1 Å². The van der Waals surface area contributed by atoms with E-state index < -0.39 is 10.0 Å². The zero-order valence-electron chi connectivity index (χ0n) is 16.9. The highest BCUT2D eigenvalue weighted by Gasteiger charge is 2.32. The van der Waals surface area contributed by atoms with Crippen LogP contribution in [-0.2, 0) is 16.4 Å². The third kappa shape index (κ3) is 4.28. The average molecular weight is 405 g/mol. The topological polar surface area (TPSA) is 86.4 Å². The number of H-pyrrole nitrogens is 1. The van der Waals surface area contributed by atoms with Crippen LogP contribution >= 0.6 is 0 Å². The predicted octanol–water partition coefficient (Wildman–Crippen LogP) is 2.37. The summed E-state index contributed by atoms with van der Waals surface area (Å²) in [5.74, 6) is 0.317. The van der Waals surface area contributed by atoms with Gasteiger partial charge in [-0.15, -0.1) is 0 Å². The van der Waals surface area contributed by atoms with E-state index in [1.54, 1.807) is 24.0 Å². The minimum atomic E-state index is -3.56. The number of aromatic amines is 1. The number of benzene rings is 1. The molecule has 0 saturated carbocycles. The standard InChI is InChI=1S/C20H28N4O3S/c1-14(2)11-17-13-18(22-21-17)20(25)23-7-9-24(10-8-23)28(26,27)19-12-15(3)5-6-16(19)4/h5-6,12-14H,7-11H2,1-4H3,(H,21,22). The van der Waals surface area contributed by atoms with Crippen molar-refractivity contribution in [1.82, 2.24) is 19.4 Å². The molecule has 152 valence electrons. The van der Waals surface area contributed by atoms with E-state index in [2.05, 4.69) is 24.0 Å². The first-order chi connectivity index (χ1) is 13.2. The highest BCUT2D eigenvalue weighted by molar-refractivity contribution is 7.89. The molecule has 1 saturated heterocycles. The number of carbonyl (C=O) groups is 1. The summed E-state index contributed by atoms with van der Waals surface area (Å²) in [6.45, 7) is 9.18. The Bertz CT molecular complexity index is 958. The van der Waals surface area contributed by atoms with Crippen molar-refractivity contribution in [1.29, 1.82) is 0 Å². The smallest absolute Gasteiger partial charge is 0.274 e. The van der Waals surface area contributed by atoms with Gasteiger partial charge < -0.3 is 4.90 Å². The van der Waals surface area contributed by atoms with Gasteiger partial charge in [0.05, 0.1) is 4.90 Å². The van der Waals surface area contributed by atoms with Crippen LogP contribution in [-0.4, -0.2) is 59.9 Å². The van der Waals surface area contributed by atoms with Gasteiger partial charge in [0, 0.05) is 31.9 Å². The third-order valence-corrected chi connectivity index (χ3v) is 7.01. The number of hydrogen-bond donors (Lipinski definition) is 1. The Morgan fingerprint density at radius 3 is 2.46 bits per heavy atom. The van der Waals surface area contributed by atoms with E-state index in [4.69, 9.17) is 0 Å². The lowest BCUT2D eigenvalue weighted by Crippen LogP contribution is -2.50. The molecule has 1 aromatic heterocycles. The number of sulfonamides is 1. The minimum Gasteiger partial charge on any atom is -0.335 e. The van der Waals surface area contributed by atoms with E-state index in [0.29, 0.717) is 29.6 Å². The van der Waals surface area contributed by atoms with E-state index >= 15 is 0 Å². The summed E-state index contributed by atoms with van der Waals surface area (Å²) >= 11 is 0. The lowest BCUT2D eigenvalue weighted by molar-refractivity contribution is 0.0692. The largest absolute Gasteiger partial charge is 0.335 e. The molecular formula is C20H28N4O3S. The zero-order chi connectivity index (χ0) is 20.5. The first kappa shape index (κ1) is 20.5. The maximum Gasteiger partial charge on any atom is 0.274 e. The SMILES string of the molecule is Cc1ccc(C)c(S(=O)(=O)N2CCN(C(=O)c3cc(CC(C)C)[nH]n3)CC2)c1. The van der Waals surface area contributed by atoms with Crippen molar-refractivity contribution >= 4 is 15.9 Å². The van der Waals surface area contributed by atoms with Gasteiger partial charge in [-0.25, -0.2) is 8.42 Å². The summed E-state index contributed by atoms with van der Waals surface area (Å²) < 4.78 is 27.5. The van der Waals surface area contributed by atoms with Crippen molar-refractivity contribution in [3.05, 3.63) is 46.8 Å². The second-order valence-corrected chi connectivity index (χ2v) is 9.75. The van der Waals surface area contributed by atoms with Crippen LogP contribution in [0.1, 0.15) is 41.2 Å². The van der Waals surface area contributed by atoms with Gasteiger partial charge in [-0.1, -0.05) is 26.0 Å². The Hall–Kier alpha value is -2.19. The number of nitrogens with zero attached hydrogens (tertiary/aromatic N) is 3. The van der Waals surface area contributed by atoms with Crippen LogP contribution in [0.25, 0.3) is 0 Å². The Morgan fingerprint density at radius 1 is 1.14 bits per heavy atom. The molecule has 1 aromatic carbocycles. The molecule has 7 nitrogen and oxygen atoms in total. The number of carbonyl (C=O) groups excluding carboxylic acids is 1. The lowest BCUT2D eigenvalue weighted by atomic mass is 10.1. The number of rotatable bonds is 5. The van der Waals surface area contributed by atoms with Crippen LogP contribution in [0.4, 0.5) is 0 Å². The van der Waals surface area contributed by atoms with E-state index in [-0.39, 0.29) is 19.0 Å². The molecule has 1 aliphatic rings. The molecule has 1 fully saturated rings. The molecule has 2 aromatic rings. The highest BCUT2D eigenvalue weighted by atomic mass is 32.2. The summed E-state index contributed by atoms with van der Waals surface area (Å²) in [6, 6.07) is 7.24.